The molecule has 1 aromatic heterocycles. The molecule has 0 spiro atoms. The Kier molecular flexibility index (Phi) is 4.75. The molecule has 0 aliphatic heterocycles. The van der Waals surface area contributed by atoms with E-state index < -0.39 is 11.7 Å². The van der Waals surface area contributed by atoms with Gasteiger partial charge in [0.05, 0.1) is 24.6 Å². The highest BCUT2D eigenvalue weighted by atomic mass is 19.1. The number of nitrogens with zero attached hydrogens (tertiary/aromatic N) is 2. The van der Waals surface area contributed by atoms with E-state index in [0.717, 1.165) is 6.20 Å². The van der Waals surface area contributed by atoms with Crippen LogP contribution in [0, 0.1) is 17.1 Å². The average Bonchev–Trinajstić information content (AvgIpc) is 2.50. The van der Waals surface area contributed by atoms with Gasteiger partial charge in [0.15, 0.2) is 11.7 Å². The van der Waals surface area contributed by atoms with E-state index in [1.807, 2.05) is 6.07 Å². The molecule has 5 heteroatoms. The van der Waals surface area contributed by atoms with Gasteiger partial charge in [0.2, 0.25) is 0 Å². The van der Waals surface area contributed by atoms with Crippen molar-refractivity contribution in [1.82, 2.24) is 4.98 Å². The summed E-state index contributed by atoms with van der Waals surface area (Å²) >= 11 is 0. The van der Waals surface area contributed by atoms with Gasteiger partial charge in [-0.25, -0.2) is 4.39 Å². The van der Waals surface area contributed by atoms with Crippen LogP contribution < -0.4 is 0 Å². The second-order valence-corrected chi connectivity index (χ2v) is 4.42. The second kappa shape index (κ2) is 6.73. The lowest BCUT2D eigenvalue weighted by Crippen LogP contribution is -2.15. The summed E-state index contributed by atoms with van der Waals surface area (Å²) in [5.74, 6) is -1.95. The monoisotopic (exact) mass is 284 g/mol. The summed E-state index contributed by atoms with van der Waals surface area (Å²) < 4.78 is 17.9. The van der Waals surface area contributed by atoms with Crippen molar-refractivity contribution in [3.8, 4) is 6.07 Å². The first-order valence-corrected chi connectivity index (χ1v) is 6.29. The van der Waals surface area contributed by atoms with E-state index in [1.54, 1.807) is 24.3 Å². The minimum Gasteiger partial charge on any atom is -0.380 e. The highest BCUT2D eigenvalue weighted by Crippen LogP contribution is 2.21. The fourth-order valence-electron chi connectivity index (χ4n) is 2.01. The van der Waals surface area contributed by atoms with E-state index in [2.05, 4.69) is 4.98 Å². The maximum Gasteiger partial charge on any atom is 0.186 e. The molecule has 1 atom stereocenters. The first kappa shape index (κ1) is 14.8. The number of Topliss-reactive ketones (excluding diaryl/α,β-unsaturated/α-hetero) is 1. The number of hydrogen-bond donors (Lipinski definition) is 0. The van der Waals surface area contributed by atoms with Gasteiger partial charge >= 0.3 is 0 Å². The molecule has 0 N–H and O–H groups in total. The van der Waals surface area contributed by atoms with Crippen molar-refractivity contribution in [3.63, 3.8) is 0 Å². The van der Waals surface area contributed by atoms with E-state index in [9.17, 15) is 14.4 Å². The van der Waals surface area contributed by atoms with Crippen molar-refractivity contribution >= 4 is 5.78 Å². The van der Waals surface area contributed by atoms with Gasteiger partial charge in [-0.3, -0.25) is 9.78 Å². The molecule has 0 saturated heterocycles. The number of benzene rings is 1. The van der Waals surface area contributed by atoms with Gasteiger partial charge in [0.1, 0.15) is 5.82 Å². The largest absolute Gasteiger partial charge is 0.380 e. The van der Waals surface area contributed by atoms with Gasteiger partial charge in [-0.1, -0.05) is 24.3 Å². The average molecular weight is 284 g/mol. The highest BCUT2D eigenvalue weighted by Gasteiger charge is 2.24. The van der Waals surface area contributed by atoms with Crippen LogP contribution in [0.1, 0.15) is 27.5 Å². The van der Waals surface area contributed by atoms with Gasteiger partial charge < -0.3 is 4.74 Å². The summed E-state index contributed by atoms with van der Waals surface area (Å²) in [4.78, 5) is 16.4. The number of aromatic nitrogens is 1. The zero-order valence-corrected chi connectivity index (χ0v) is 11.4. The third kappa shape index (κ3) is 3.30. The van der Waals surface area contributed by atoms with Gasteiger partial charge in [-0.2, -0.15) is 5.26 Å². The summed E-state index contributed by atoms with van der Waals surface area (Å²) in [5.41, 5.74) is 1.35. The molecule has 0 bridgehead atoms. The standard InChI is InChI=1S/C16H13FN2O2/c1-21-10-11-4-2-3-5-13(11)16(20)14(8-18)15-7-6-12(17)9-19-15/h2-7,9,14H,10H2,1H3/t14-/m0/s1. The van der Waals surface area contributed by atoms with Crippen molar-refractivity contribution in [2.75, 3.05) is 7.11 Å². The van der Waals surface area contributed by atoms with Crippen LogP contribution in [0.2, 0.25) is 0 Å². The van der Waals surface area contributed by atoms with E-state index in [1.165, 1.54) is 19.2 Å². The Morgan fingerprint density at radius 2 is 2.14 bits per heavy atom. The van der Waals surface area contributed by atoms with Crippen LogP contribution in [0.25, 0.3) is 0 Å². The van der Waals surface area contributed by atoms with Gasteiger partial charge in [0, 0.05) is 12.7 Å². The zero-order chi connectivity index (χ0) is 15.2. The van der Waals surface area contributed by atoms with Crippen LogP contribution in [0.3, 0.4) is 0 Å². The highest BCUT2D eigenvalue weighted by molar-refractivity contribution is 6.03. The molecule has 106 valence electrons. The molecule has 2 aromatic rings. The third-order valence-electron chi connectivity index (χ3n) is 3.02. The number of carbonyl (C=O) groups excluding carboxylic acids is 1. The third-order valence-corrected chi connectivity index (χ3v) is 3.02. The fourth-order valence-corrected chi connectivity index (χ4v) is 2.01. The van der Waals surface area contributed by atoms with Crippen LogP contribution in [-0.4, -0.2) is 17.9 Å². The van der Waals surface area contributed by atoms with Crippen LogP contribution >= 0.6 is 0 Å². The van der Waals surface area contributed by atoms with Crippen molar-refractivity contribution in [3.05, 3.63) is 65.2 Å². The van der Waals surface area contributed by atoms with Crippen LogP contribution in [0.4, 0.5) is 4.39 Å². The Bertz CT molecular complexity index is 677. The molecule has 2 rings (SSSR count). The number of hydrogen-bond acceptors (Lipinski definition) is 4. The van der Waals surface area contributed by atoms with E-state index in [4.69, 9.17) is 4.74 Å². The number of halogens is 1. The van der Waals surface area contributed by atoms with Crippen LogP contribution in [0.5, 0.6) is 0 Å². The lowest BCUT2D eigenvalue weighted by Gasteiger charge is -2.11. The predicted molar refractivity (Wildman–Crippen MR) is 74.0 cm³/mol. The summed E-state index contributed by atoms with van der Waals surface area (Å²) in [6.07, 6.45) is 0.994. The number of ketones is 1. The predicted octanol–water partition coefficient (Wildman–Crippen LogP) is 2.86. The van der Waals surface area contributed by atoms with Crippen molar-refractivity contribution in [2.24, 2.45) is 0 Å². The SMILES string of the molecule is COCc1ccccc1C(=O)[C@@H](C#N)c1ccc(F)cn1. The molecule has 4 nitrogen and oxygen atoms in total. The molecule has 1 heterocycles. The molecule has 0 aliphatic rings. The molecule has 0 aliphatic carbocycles. The first-order valence-electron chi connectivity index (χ1n) is 6.29. The van der Waals surface area contributed by atoms with Crippen molar-refractivity contribution in [1.29, 1.82) is 5.26 Å². The Morgan fingerprint density at radius 3 is 2.76 bits per heavy atom. The number of nitriles is 1. The number of rotatable bonds is 5. The molecular weight excluding hydrogens is 271 g/mol. The van der Waals surface area contributed by atoms with Gasteiger partial charge in [-0.05, 0) is 17.7 Å². The normalized spacial score (nSPS) is 11.7. The topological polar surface area (TPSA) is 63.0 Å². The Labute approximate surface area is 121 Å². The summed E-state index contributed by atoms with van der Waals surface area (Å²) in [7, 11) is 1.53. The summed E-state index contributed by atoms with van der Waals surface area (Å²) in [5, 5.41) is 9.27. The van der Waals surface area contributed by atoms with Crippen molar-refractivity contribution < 1.29 is 13.9 Å². The van der Waals surface area contributed by atoms with E-state index >= 15 is 0 Å². The van der Waals surface area contributed by atoms with E-state index in [0.29, 0.717) is 11.1 Å². The lowest BCUT2D eigenvalue weighted by atomic mass is 9.92. The van der Waals surface area contributed by atoms with Gasteiger partial charge in [0.25, 0.3) is 0 Å². The number of ether oxygens (including phenoxy) is 1. The molecule has 0 unspecified atom stereocenters. The van der Waals surface area contributed by atoms with Crippen LogP contribution in [0.15, 0.2) is 42.6 Å². The lowest BCUT2D eigenvalue weighted by molar-refractivity contribution is 0.0972. The first-order chi connectivity index (χ1) is 10.2. The quantitative estimate of drug-likeness (QED) is 0.792. The number of methoxy groups -OCH3 is 1. The van der Waals surface area contributed by atoms with E-state index in [-0.39, 0.29) is 18.1 Å². The number of carbonyl (C=O) groups is 1. The molecule has 21 heavy (non-hydrogen) atoms. The maximum absolute atomic E-state index is 12.9. The molecule has 0 radical (unpaired) electrons. The smallest absolute Gasteiger partial charge is 0.186 e. The fraction of sp³-hybridized carbons (Fsp3) is 0.188. The van der Waals surface area contributed by atoms with Crippen LogP contribution in [-0.2, 0) is 11.3 Å². The molecular formula is C16H13FN2O2. The second-order valence-electron chi connectivity index (χ2n) is 4.42. The minimum atomic E-state index is -1.07. The molecule has 0 fully saturated rings. The molecule has 0 saturated carbocycles. The Morgan fingerprint density at radius 1 is 1.38 bits per heavy atom. The molecule has 0 amide bonds. The minimum absolute atomic E-state index is 0.233. The Balaban J connectivity index is 2.37. The summed E-state index contributed by atoms with van der Waals surface area (Å²) in [6, 6.07) is 11.4. The number of pyridine rings is 1. The Hall–Kier alpha value is -2.58. The zero-order valence-electron chi connectivity index (χ0n) is 11.4. The maximum atomic E-state index is 12.9. The van der Waals surface area contributed by atoms with Gasteiger partial charge in [-0.15, -0.1) is 0 Å². The molecule has 1 aromatic carbocycles. The summed E-state index contributed by atoms with van der Waals surface area (Å²) in [6.45, 7) is 0.275. The van der Waals surface area contributed by atoms with Crippen molar-refractivity contribution in [2.45, 2.75) is 12.5 Å².